The van der Waals surface area contributed by atoms with E-state index in [1.54, 1.807) is 0 Å². The summed E-state index contributed by atoms with van der Waals surface area (Å²) in [5.74, 6) is -1.93. The number of nitrogens with zero attached hydrogens (tertiary/aromatic N) is 3. The Morgan fingerprint density at radius 1 is 1.27 bits per heavy atom. The van der Waals surface area contributed by atoms with Gasteiger partial charge in [0.1, 0.15) is 5.75 Å². The summed E-state index contributed by atoms with van der Waals surface area (Å²) >= 11 is 0. The first kappa shape index (κ1) is 19.7. The Bertz CT molecular complexity index is 972. The molecule has 2 aliphatic carbocycles. The third kappa shape index (κ3) is 3.14. The van der Waals surface area contributed by atoms with Crippen LogP contribution in [0.25, 0.3) is 0 Å². The molecule has 0 aromatic heterocycles. The molecule has 0 radical (unpaired) electrons. The van der Waals surface area contributed by atoms with Gasteiger partial charge in [0.2, 0.25) is 0 Å². The van der Waals surface area contributed by atoms with Gasteiger partial charge in [-0.2, -0.15) is 10.1 Å². The second-order valence-electron chi connectivity index (χ2n) is 7.50. The van der Waals surface area contributed by atoms with Crippen LogP contribution >= 0.6 is 0 Å². The number of hydrazone groups is 1. The molecule has 1 aliphatic heterocycles. The van der Waals surface area contributed by atoms with Crippen molar-refractivity contribution in [2.24, 2.45) is 28.8 Å². The van der Waals surface area contributed by atoms with Crippen LogP contribution in [-0.4, -0.2) is 47.1 Å². The van der Waals surface area contributed by atoms with Crippen LogP contribution in [0, 0.1) is 33.8 Å². The number of allylic oxidation sites excluding steroid dienone is 2. The molecule has 5 unspecified atom stereocenters. The van der Waals surface area contributed by atoms with Gasteiger partial charge in [-0.3, -0.25) is 19.7 Å². The minimum absolute atomic E-state index is 0.0502. The summed E-state index contributed by atoms with van der Waals surface area (Å²) in [4.78, 5) is 47.7. The largest absolute Gasteiger partial charge is 0.478 e. The number of hydrogen-bond donors (Lipinski definition) is 0. The van der Waals surface area contributed by atoms with E-state index in [1.165, 1.54) is 38.4 Å². The van der Waals surface area contributed by atoms with E-state index in [9.17, 15) is 24.5 Å². The fourth-order valence-electron chi connectivity index (χ4n) is 4.38. The topological polar surface area (TPSA) is 128 Å². The van der Waals surface area contributed by atoms with Crippen LogP contribution in [0.5, 0.6) is 5.75 Å². The number of carbonyl (C=O) groups is 3. The van der Waals surface area contributed by atoms with Crippen molar-refractivity contribution in [3.8, 4) is 5.75 Å². The van der Waals surface area contributed by atoms with E-state index in [-0.39, 0.29) is 40.7 Å². The second kappa shape index (κ2) is 7.36. The number of benzene rings is 1. The highest BCUT2D eigenvalue weighted by Gasteiger charge is 2.59. The smallest absolute Gasteiger partial charge is 0.346 e. The lowest BCUT2D eigenvalue weighted by molar-refractivity contribution is -0.384. The Hall–Kier alpha value is -3.56. The lowest BCUT2D eigenvalue weighted by Gasteiger charge is -2.15. The molecule has 2 fully saturated rings. The molecule has 1 saturated heterocycles. The van der Waals surface area contributed by atoms with Crippen molar-refractivity contribution >= 4 is 29.7 Å². The maximum atomic E-state index is 12.7. The summed E-state index contributed by atoms with van der Waals surface area (Å²) in [6.45, 7) is 1.46. The zero-order chi connectivity index (χ0) is 21.6. The van der Waals surface area contributed by atoms with Gasteiger partial charge in [0.15, 0.2) is 6.10 Å². The first-order valence-electron chi connectivity index (χ1n) is 9.45. The molecule has 156 valence electrons. The minimum atomic E-state index is -0.972. The van der Waals surface area contributed by atoms with Gasteiger partial charge in [0, 0.05) is 17.7 Å². The van der Waals surface area contributed by atoms with E-state index in [0.717, 1.165) is 11.4 Å². The molecule has 2 bridgehead atoms. The van der Waals surface area contributed by atoms with Gasteiger partial charge in [-0.25, -0.2) is 4.79 Å². The van der Waals surface area contributed by atoms with E-state index < -0.39 is 28.8 Å². The van der Waals surface area contributed by atoms with Crippen LogP contribution < -0.4 is 4.74 Å². The maximum Gasteiger partial charge on any atom is 0.346 e. The average Bonchev–Trinajstić information content (AvgIpc) is 3.41. The van der Waals surface area contributed by atoms with Crippen LogP contribution in [0.3, 0.4) is 0 Å². The number of non-ortho nitro benzene ring substituents is 1. The highest BCUT2D eigenvalue weighted by atomic mass is 16.6. The van der Waals surface area contributed by atoms with Crippen LogP contribution in [0.15, 0.2) is 35.5 Å². The average molecular weight is 413 g/mol. The first-order valence-corrected chi connectivity index (χ1v) is 9.45. The molecule has 10 nitrogen and oxygen atoms in total. The number of nitro groups is 1. The molecule has 10 heteroatoms. The van der Waals surface area contributed by atoms with Crippen LogP contribution in [0.4, 0.5) is 5.69 Å². The second-order valence-corrected chi connectivity index (χ2v) is 7.50. The van der Waals surface area contributed by atoms with E-state index in [2.05, 4.69) is 9.84 Å². The van der Waals surface area contributed by atoms with Crippen LogP contribution in [-0.2, 0) is 19.1 Å². The fourth-order valence-corrected chi connectivity index (χ4v) is 4.38. The fraction of sp³-hybridized carbons (Fsp3) is 0.400. The molecule has 30 heavy (non-hydrogen) atoms. The molecule has 3 aliphatic rings. The number of carbonyl (C=O) groups excluding carboxylic acids is 3. The summed E-state index contributed by atoms with van der Waals surface area (Å²) < 4.78 is 10.1. The number of esters is 1. The standard InChI is InChI=1S/C20H19N3O7/c1-10(20(26)29-2)30-15-6-5-14(23(27)28)8-13(15)9-21-22-18(24)16-11-3-4-12(7-11)17(16)19(22)25/h3-6,8-12,16-17H,7H2,1-2H3. The maximum absolute atomic E-state index is 12.7. The van der Waals surface area contributed by atoms with Gasteiger partial charge in [0.05, 0.1) is 30.1 Å². The number of imide groups is 1. The highest BCUT2D eigenvalue weighted by molar-refractivity contribution is 6.07. The Labute approximate surface area is 171 Å². The zero-order valence-corrected chi connectivity index (χ0v) is 16.3. The van der Waals surface area contributed by atoms with Gasteiger partial charge >= 0.3 is 5.97 Å². The number of amides is 2. The Morgan fingerprint density at radius 3 is 2.47 bits per heavy atom. The Morgan fingerprint density at radius 2 is 1.90 bits per heavy atom. The molecule has 0 spiro atoms. The van der Waals surface area contributed by atoms with E-state index in [0.29, 0.717) is 0 Å². The van der Waals surface area contributed by atoms with Crippen molar-refractivity contribution in [3.63, 3.8) is 0 Å². The summed E-state index contributed by atoms with van der Waals surface area (Å²) in [7, 11) is 1.21. The number of fused-ring (bicyclic) bond motifs is 5. The molecule has 4 rings (SSSR count). The third-order valence-electron chi connectivity index (χ3n) is 5.80. The predicted molar refractivity (Wildman–Crippen MR) is 102 cm³/mol. The molecule has 2 amide bonds. The zero-order valence-electron chi connectivity index (χ0n) is 16.3. The molecule has 5 atom stereocenters. The van der Waals surface area contributed by atoms with E-state index in [1.807, 2.05) is 12.2 Å². The van der Waals surface area contributed by atoms with E-state index >= 15 is 0 Å². The molecular weight excluding hydrogens is 394 g/mol. The summed E-state index contributed by atoms with van der Waals surface area (Å²) in [6.07, 6.45) is 4.95. The van der Waals surface area contributed by atoms with Gasteiger partial charge < -0.3 is 9.47 Å². The monoisotopic (exact) mass is 413 g/mol. The SMILES string of the molecule is COC(=O)C(C)Oc1ccc([N+](=O)[O-])cc1C=NN1C(=O)C2C3C=CC(C3)C2C1=O. The van der Waals surface area contributed by atoms with Crippen molar-refractivity contribution in [3.05, 3.63) is 46.0 Å². The van der Waals surface area contributed by atoms with Gasteiger partial charge in [-0.15, -0.1) is 0 Å². The molecule has 0 N–H and O–H groups in total. The van der Waals surface area contributed by atoms with Crippen molar-refractivity contribution < 1.29 is 28.8 Å². The number of rotatable bonds is 6. The predicted octanol–water partition coefficient (Wildman–Crippen LogP) is 1.68. The van der Waals surface area contributed by atoms with Crippen molar-refractivity contribution in [2.45, 2.75) is 19.4 Å². The highest BCUT2D eigenvalue weighted by Crippen LogP contribution is 2.52. The summed E-state index contributed by atoms with van der Waals surface area (Å²) in [5, 5.41) is 16.0. The summed E-state index contributed by atoms with van der Waals surface area (Å²) in [5.41, 5.74) is -0.0774. The number of ether oxygens (including phenoxy) is 2. The van der Waals surface area contributed by atoms with Gasteiger partial charge in [-0.1, -0.05) is 12.2 Å². The normalized spacial score (nSPS) is 27.6. The quantitative estimate of drug-likeness (QED) is 0.173. The molecule has 1 heterocycles. The lowest BCUT2D eigenvalue weighted by atomic mass is 9.85. The number of nitro benzene ring substituents is 1. The number of hydrogen-bond acceptors (Lipinski definition) is 8. The van der Waals surface area contributed by atoms with Gasteiger partial charge in [-0.05, 0) is 31.2 Å². The van der Waals surface area contributed by atoms with Crippen LogP contribution in [0.2, 0.25) is 0 Å². The molecule has 1 aromatic rings. The Kier molecular flexibility index (Phi) is 4.84. The van der Waals surface area contributed by atoms with E-state index in [4.69, 9.17) is 4.74 Å². The van der Waals surface area contributed by atoms with Crippen molar-refractivity contribution in [1.82, 2.24) is 5.01 Å². The molecule has 1 aromatic carbocycles. The van der Waals surface area contributed by atoms with Gasteiger partial charge in [0.25, 0.3) is 17.5 Å². The first-order chi connectivity index (χ1) is 14.3. The minimum Gasteiger partial charge on any atom is -0.478 e. The molecule has 1 saturated carbocycles. The lowest BCUT2D eigenvalue weighted by Crippen LogP contribution is -2.28. The van der Waals surface area contributed by atoms with Crippen LogP contribution in [0.1, 0.15) is 18.9 Å². The molecular formula is C20H19N3O7. The summed E-state index contributed by atoms with van der Waals surface area (Å²) in [6, 6.07) is 3.74. The number of methoxy groups -OCH3 is 1. The third-order valence-corrected chi connectivity index (χ3v) is 5.80. The van der Waals surface area contributed by atoms with Crippen molar-refractivity contribution in [1.29, 1.82) is 0 Å². The Balaban J connectivity index is 1.61. The van der Waals surface area contributed by atoms with Crippen molar-refractivity contribution in [2.75, 3.05) is 7.11 Å².